The summed E-state index contributed by atoms with van der Waals surface area (Å²) in [6, 6.07) is 7.00. The Hall–Kier alpha value is -3.46. The van der Waals surface area contributed by atoms with Crippen LogP contribution in [0.2, 0.25) is 0 Å². The first-order chi connectivity index (χ1) is 14.2. The molecule has 0 saturated heterocycles. The van der Waals surface area contributed by atoms with Gasteiger partial charge in [0.15, 0.2) is 0 Å². The molecule has 0 aliphatic heterocycles. The van der Waals surface area contributed by atoms with E-state index in [0.29, 0.717) is 28.2 Å². The van der Waals surface area contributed by atoms with E-state index in [1.54, 1.807) is 43.6 Å². The van der Waals surface area contributed by atoms with Crippen molar-refractivity contribution >= 4 is 34.1 Å². The minimum atomic E-state index is -0.617. The fourth-order valence-corrected chi connectivity index (χ4v) is 3.25. The minimum Gasteiger partial charge on any atom is -0.389 e. The molecule has 3 aromatic rings. The van der Waals surface area contributed by atoms with Crippen LogP contribution in [0.15, 0.2) is 41.5 Å². The summed E-state index contributed by atoms with van der Waals surface area (Å²) in [6.45, 7) is 3.56. The van der Waals surface area contributed by atoms with Crippen LogP contribution in [0.3, 0.4) is 0 Å². The maximum atomic E-state index is 13.0. The zero-order valence-corrected chi connectivity index (χ0v) is 16.8. The molecule has 1 amide bonds. The fraction of sp³-hybridized carbons (Fsp3) is 0.333. The Labute approximate surface area is 173 Å². The predicted octanol–water partition coefficient (Wildman–Crippen LogP) is 2.04. The molecule has 5 N–H and O–H groups in total. The number of anilines is 3. The second kappa shape index (κ2) is 7.42. The van der Waals surface area contributed by atoms with Crippen LogP contribution in [0.1, 0.15) is 38.4 Å². The summed E-state index contributed by atoms with van der Waals surface area (Å²) >= 11 is 0. The number of primary amides is 1. The first-order valence-electron chi connectivity index (χ1n) is 9.76. The summed E-state index contributed by atoms with van der Waals surface area (Å²) in [7, 11) is 0. The quantitative estimate of drug-likeness (QED) is 0.470. The van der Waals surface area contributed by atoms with Gasteiger partial charge in [-0.05, 0) is 61.9 Å². The number of hydrogen-bond acceptors (Lipinski definition) is 7. The lowest BCUT2D eigenvalue weighted by molar-refractivity contribution is -0.118. The summed E-state index contributed by atoms with van der Waals surface area (Å²) in [5, 5.41) is 17.4. The van der Waals surface area contributed by atoms with Crippen molar-refractivity contribution in [3.63, 3.8) is 0 Å². The molecule has 9 nitrogen and oxygen atoms in total. The van der Waals surface area contributed by atoms with E-state index in [1.807, 2.05) is 0 Å². The number of carbonyl (C=O) groups excluding carboxylic acids is 1. The Morgan fingerprint density at radius 3 is 2.77 bits per heavy atom. The summed E-state index contributed by atoms with van der Waals surface area (Å²) in [5.74, 6) is 0.906. The number of hydrogen-bond donors (Lipinski definition) is 4. The van der Waals surface area contributed by atoms with Crippen LogP contribution in [-0.2, 0) is 11.3 Å². The zero-order valence-electron chi connectivity index (χ0n) is 16.8. The van der Waals surface area contributed by atoms with Crippen LogP contribution in [0.5, 0.6) is 0 Å². The number of nitrogens with two attached hydrogens (primary N) is 1. The van der Waals surface area contributed by atoms with Crippen molar-refractivity contribution in [3.8, 4) is 0 Å². The van der Waals surface area contributed by atoms with Crippen molar-refractivity contribution in [2.24, 2.45) is 5.73 Å². The van der Waals surface area contributed by atoms with E-state index in [-0.39, 0.29) is 17.6 Å². The van der Waals surface area contributed by atoms with Crippen LogP contribution in [-0.4, -0.2) is 31.1 Å². The van der Waals surface area contributed by atoms with Gasteiger partial charge in [0.2, 0.25) is 5.91 Å². The van der Waals surface area contributed by atoms with Gasteiger partial charge in [-0.15, -0.1) is 0 Å². The molecule has 30 heavy (non-hydrogen) atoms. The van der Waals surface area contributed by atoms with Crippen molar-refractivity contribution in [1.29, 1.82) is 0 Å². The number of fused-ring (bicyclic) bond motifs is 1. The second-order valence-corrected chi connectivity index (χ2v) is 8.00. The molecule has 0 aromatic carbocycles. The number of amides is 1. The number of aliphatic hydroxyl groups excluding tert-OH is 1. The minimum absolute atomic E-state index is 0.111. The van der Waals surface area contributed by atoms with Gasteiger partial charge in [-0.25, -0.2) is 9.97 Å². The molecule has 9 heteroatoms. The SMILES string of the molecule is CC(O)c1ccnc(Nc2cc3ccn(CC(N)=O)c(=O)c3c(NC3(C)CC3)n2)c1. The lowest BCUT2D eigenvalue weighted by atomic mass is 10.1. The second-order valence-electron chi connectivity index (χ2n) is 8.00. The van der Waals surface area contributed by atoms with Crippen LogP contribution in [0, 0.1) is 0 Å². The van der Waals surface area contributed by atoms with Gasteiger partial charge in [0.1, 0.15) is 24.0 Å². The molecule has 0 spiro atoms. The van der Waals surface area contributed by atoms with Gasteiger partial charge in [-0.1, -0.05) is 0 Å². The van der Waals surface area contributed by atoms with Gasteiger partial charge in [0.05, 0.1) is 11.5 Å². The highest BCUT2D eigenvalue weighted by Crippen LogP contribution is 2.39. The molecule has 0 radical (unpaired) electrons. The topological polar surface area (TPSA) is 135 Å². The lowest BCUT2D eigenvalue weighted by Gasteiger charge is -2.17. The molecule has 1 aliphatic carbocycles. The third kappa shape index (κ3) is 4.11. The third-order valence-corrected chi connectivity index (χ3v) is 5.23. The third-order valence-electron chi connectivity index (χ3n) is 5.23. The number of pyridine rings is 3. The highest BCUT2D eigenvalue weighted by atomic mass is 16.3. The molecule has 1 saturated carbocycles. The Morgan fingerprint density at radius 1 is 1.33 bits per heavy atom. The highest BCUT2D eigenvalue weighted by Gasteiger charge is 2.38. The molecule has 3 heterocycles. The van der Waals surface area contributed by atoms with E-state index in [9.17, 15) is 14.7 Å². The average Bonchev–Trinajstić information content (AvgIpc) is 3.40. The van der Waals surface area contributed by atoms with Gasteiger partial charge in [0.25, 0.3) is 5.56 Å². The number of nitrogens with zero attached hydrogens (tertiary/aromatic N) is 3. The molecule has 156 valence electrons. The molecule has 1 fully saturated rings. The normalized spacial score (nSPS) is 15.6. The van der Waals surface area contributed by atoms with E-state index < -0.39 is 12.0 Å². The van der Waals surface area contributed by atoms with Gasteiger partial charge in [-0.2, -0.15) is 0 Å². The van der Waals surface area contributed by atoms with Gasteiger partial charge >= 0.3 is 0 Å². The summed E-state index contributed by atoms with van der Waals surface area (Å²) < 4.78 is 1.29. The molecular weight excluding hydrogens is 384 g/mol. The Kier molecular flexibility index (Phi) is 4.90. The standard InChI is InChI=1S/C21H24N6O3/c1-12(28)13-3-7-23-16(9-13)24-17-10-14-4-8-27(11-15(22)29)20(30)18(14)19(25-17)26-21(2)5-6-21/h3-4,7-10,12,28H,5-6,11H2,1-2H3,(H2,22,29)(H2,23,24,25,26). The Morgan fingerprint density at radius 2 is 2.10 bits per heavy atom. The number of aliphatic hydroxyl groups is 1. The molecule has 1 unspecified atom stereocenters. The molecule has 1 aliphatic rings. The number of nitrogens with one attached hydrogen (secondary N) is 2. The summed E-state index contributed by atoms with van der Waals surface area (Å²) in [4.78, 5) is 33.2. The van der Waals surface area contributed by atoms with Gasteiger partial charge in [0, 0.05) is 17.9 Å². The van der Waals surface area contributed by atoms with Crippen molar-refractivity contribution in [1.82, 2.24) is 14.5 Å². The average molecular weight is 408 g/mol. The van der Waals surface area contributed by atoms with Gasteiger partial charge < -0.3 is 26.0 Å². The highest BCUT2D eigenvalue weighted by molar-refractivity contribution is 5.94. The zero-order chi connectivity index (χ0) is 21.5. The smallest absolute Gasteiger partial charge is 0.262 e. The predicted molar refractivity (Wildman–Crippen MR) is 115 cm³/mol. The number of rotatable bonds is 7. The fourth-order valence-electron chi connectivity index (χ4n) is 3.25. The van der Waals surface area contributed by atoms with Crippen LogP contribution >= 0.6 is 0 Å². The van der Waals surface area contributed by atoms with Crippen molar-refractivity contribution in [2.75, 3.05) is 10.6 Å². The Bertz CT molecular complexity index is 1180. The van der Waals surface area contributed by atoms with Crippen molar-refractivity contribution in [3.05, 3.63) is 52.6 Å². The van der Waals surface area contributed by atoms with E-state index in [4.69, 9.17) is 5.73 Å². The van der Waals surface area contributed by atoms with Gasteiger partial charge in [-0.3, -0.25) is 9.59 Å². The summed E-state index contributed by atoms with van der Waals surface area (Å²) in [5.41, 5.74) is 5.56. The van der Waals surface area contributed by atoms with Crippen LogP contribution in [0.25, 0.3) is 10.8 Å². The van der Waals surface area contributed by atoms with E-state index in [0.717, 1.165) is 18.4 Å². The van der Waals surface area contributed by atoms with Crippen LogP contribution < -0.4 is 21.9 Å². The molecule has 0 bridgehead atoms. The monoisotopic (exact) mass is 408 g/mol. The van der Waals surface area contributed by atoms with Crippen molar-refractivity contribution < 1.29 is 9.90 Å². The van der Waals surface area contributed by atoms with E-state index in [1.165, 1.54) is 4.57 Å². The molecule has 4 rings (SSSR count). The largest absolute Gasteiger partial charge is 0.389 e. The molecule has 3 aromatic heterocycles. The van der Waals surface area contributed by atoms with E-state index >= 15 is 0 Å². The summed E-state index contributed by atoms with van der Waals surface area (Å²) in [6.07, 6.45) is 4.50. The molecule has 1 atom stereocenters. The lowest BCUT2D eigenvalue weighted by Crippen LogP contribution is -2.29. The molecular formula is C21H24N6O3. The first kappa shape index (κ1) is 19.8. The maximum absolute atomic E-state index is 13.0. The van der Waals surface area contributed by atoms with Crippen molar-refractivity contribution in [2.45, 2.75) is 44.9 Å². The Balaban J connectivity index is 1.79. The number of aromatic nitrogens is 3. The number of carbonyl (C=O) groups is 1. The maximum Gasteiger partial charge on any atom is 0.262 e. The van der Waals surface area contributed by atoms with E-state index in [2.05, 4.69) is 27.5 Å². The first-order valence-corrected chi connectivity index (χ1v) is 9.76. The van der Waals surface area contributed by atoms with Crippen LogP contribution in [0.4, 0.5) is 17.5 Å².